The summed E-state index contributed by atoms with van der Waals surface area (Å²) < 4.78 is 39.2. The van der Waals surface area contributed by atoms with Crippen molar-refractivity contribution in [3.05, 3.63) is 47.5 Å². The molecular weight excluding hydrogens is 263 g/mol. The Morgan fingerprint density at radius 3 is 2.30 bits per heavy atom. The fourth-order valence-electron chi connectivity index (χ4n) is 2.49. The van der Waals surface area contributed by atoms with Crippen LogP contribution in [-0.2, 0) is 6.42 Å². The highest BCUT2D eigenvalue weighted by Crippen LogP contribution is 2.37. The van der Waals surface area contributed by atoms with E-state index in [1.54, 1.807) is 24.3 Å². The Bertz CT molecular complexity index is 602. The van der Waals surface area contributed by atoms with Crippen molar-refractivity contribution >= 4 is 10.8 Å². The molecule has 0 aromatic heterocycles. The van der Waals surface area contributed by atoms with Crippen LogP contribution in [0.25, 0.3) is 10.8 Å². The summed E-state index contributed by atoms with van der Waals surface area (Å²) in [6, 6.07) is 8.76. The van der Waals surface area contributed by atoms with Crippen LogP contribution in [0.5, 0.6) is 0 Å². The van der Waals surface area contributed by atoms with Crippen molar-refractivity contribution in [2.75, 3.05) is 0 Å². The van der Waals surface area contributed by atoms with E-state index in [9.17, 15) is 13.2 Å². The molecule has 0 aliphatic heterocycles. The van der Waals surface area contributed by atoms with E-state index in [4.69, 9.17) is 5.73 Å². The highest BCUT2D eigenvalue weighted by Gasteiger charge is 2.39. The van der Waals surface area contributed by atoms with Gasteiger partial charge in [0.2, 0.25) is 0 Å². The van der Waals surface area contributed by atoms with Gasteiger partial charge in [-0.05, 0) is 34.2 Å². The van der Waals surface area contributed by atoms with E-state index in [0.717, 1.165) is 5.39 Å². The minimum absolute atomic E-state index is 0.212. The molecule has 0 radical (unpaired) electrons. The number of halogens is 3. The predicted octanol–water partition coefficient (Wildman–Crippen LogP) is 4.60. The highest BCUT2D eigenvalue weighted by atomic mass is 19.4. The van der Waals surface area contributed by atoms with Crippen LogP contribution >= 0.6 is 0 Å². The Morgan fingerprint density at radius 2 is 1.70 bits per heavy atom. The van der Waals surface area contributed by atoms with E-state index in [2.05, 4.69) is 0 Å². The molecule has 0 aliphatic carbocycles. The lowest BCUT2D eigenvalue weighted by Gasteiger charge is -2.22. The second-order valence-corrected chi connectivity index (χ2v) is 5.48. The number of fused-ring (bicyclic) bond motifs is 1. The molecule has 4 heteroatoms. The number of alkyl halides is 3. The van der Waals surface area contributed by atoms with Gasteiger partial charge >= 0.3 is 6.18 Å². The molecule has 20 heavy (non-hydrogen) atoms. The summed E-state index contributed by atoms with van der Waals surface area (Å²) in [6.07, 6.45) is -3.85. The van der Waals surface area contributed by atoms with Crippen molar-refractivity contribution in [1.29, 1.82) is 0 Å². The lowest BCUT2D eigenvalue weighted by molar-refractivity contribution is -0.149. The van der Waals surface area contributed by atoms with Crippen molar-refractivity contribution in [3.8, 4) is 0 Å². The van der Waals surface area contributed by atoms with Gasteiger partial charge in [0.05, 0.1) is 0 Å². The highest BCUT2D eigenvalue weighted by molar-refractivity contribution is 5.87. The normalized spacial score (nSPS) is 13.9. The third kappa shape index (κ3) is 2.96. The Morgan fingerprint density at radius 1 is 1.05 bits per heavy atom. The van der Waals surface area contributed by atoms with Gasteiger partial charge in [-0.1, -0.05) is 50.2 Å². The summed E-state index contributed by atoms with van der Waals surface area (Å²) in [6.45, 7) is 3.97. The summed E-state index contributed by atoms with van der Waals surface area (Å²) in [7, 11) is 0. The lowest BCUT2D eigenvalue weighted by atomic mass is 9.89. The maximum Gasteiger partial charge on any atom is 0.407 e. The topological polar surface area (TPSA) is 26.0 Å². The number of rotatable bonds is 3. The number of hydrogen-bond acceptors (Lipinski definition) is 1. The molecule has 108 valence electrons. The minimum Gasteiger partial charge on any atom is -0.316 e. The number of nitrogens with two attached hydrogens (primary N) is 1. The molecular formula is C16H18F3N. The van der Waals surface area contributed by atoms with Gasteiger partial charge in [-0.25, -0.2) is 0 Å². The molecule has 0 amide bonds. The van der Waals surface area contributed by atoms with Crippen LogP contribution in [0.2, 0.25) is 0 Å². The molecule has 0 spiro atoms. The number of hydrogen-bond donors (Lipinski definition) is 1. The number of benzene rings is 2. The smallest absolute Gasteiger partial charge is 0.316 e. The van der Waals surface area contributed by atoms with Gasteiger partial charge in [0, 0.05) is 0 Å². The van der Waals surface area contributed by atoms with Gasteiger partial charge in [-0.3, -0.25) is 0 Å². The molecule has 0 saturated heterocycles. The van der Waals surface area contributed by atoms with Crippen LogP contribution in [0.3, 0.4) is 0 Å². The van der Waals surface area contributed by atoms with Crippen LogP contribution in [0.15, 0.2) is 36.4 Å². The SMILES string of the molecule is CC(C)Cc1ccc2ccccc2c1[C@H](N)C(F)(F)F. The predicted molar refractivity (Wildman–Crippen MR) is 75.5 cm³/mol. The van der Waals surface area contributed by atoms with Crippen LogP contribution in [-0.4, -0.2) is 6.18 Å². The Kier molecular flexibility index (Phi) is 4.04. The molecule has 1 atom stereocenters. The zero-order chi connectivity index (χ0) is 14.9. The minimum atomic E-state index is -4.43. The molecule has 0 bridgehead atoms. The van der Waals surface area contributed by atoms with Crippen molar-refractivity contribution in [2.24, 2.45) is 11.7 Å². The zero-order valence-electron chi connectivity index (χ0n) is 11.5. The third-order valence-corrected chi connectivity index (χ3v) is 3.35. The van der Waals surface area contributed by atoms with Gasteiger partial charge in [0.25, 0.3) is 0 Å². The largest absolute Gasteiger partial charge is 0.407 e. The summed E-state index contributed by atoms with van der Waals surface area (Å²) in [5, 5.41) is 1.38. The van der Waals surface area contributed by atoms with Gasteiger partial charge in [0.1, 0.15) is 6.04 Å². The van der Waals surface area contributed by atoms with E-state index in [1.807, 2.05) is 26.0 Å². The second kappa shape index (κ2) is 5.44. The molecule has 0 fully saturated rings. The first-order valence-corrected chi connectivity index (χ1v) is 6.63. The van der Waals surface area contributed by atoms with Crippen molar-refractivity contribution < 1.29 is 13.2 Å². The van der Waals surface area contributed by atoms with E-state index >= 15 is 0 Å². The lowest BCUT2D eigenvalue weighted by Crippen LogP contribution is -2.29. The van der Waals surface area contributed by atoms with E-state index in [0.29, 0.717) is 17.4 Å². The first kappa shape index (κ1) is 14.9. The quantitative estimate of drug-likeness (QED) is 0.874. The van der Waals surface area contributed by atoms with Gasteiger partial charge in [-0.2, -0.15) is 13.2 Å². The standard InChI is InChI=1S/C16H18F3N/c1-10(2)9-12-8-7-11-5-3-4-6-13(11)14(12)15(20)16(17,18)19/h3-8,10,15H,9,20H2,1-2H3/t15-/m0/s1. The van der Waals surface area contributed by atoms with Crippen LogP contribution in [0, 0.1) is 5.92 Å². The third-order valence-electron chi connectivity index (χ3n) is 3.35. The Hall–Kier alpha value is -1.55. The molecule has 0 unspecified atom stereocenters. The molecule has 0 heterocycles. The second-order valence-electron chi connectivity index (χ2n) is 5.48. The molecule has 0 aliphatic rings. The first-order valence-electron chi connectivity index (χ1n) is 6.63. The summed E-state index contributed by atoms with van der Waals surface area (Å²) in [5.74, 6) is 0.273. The monoisotopic (exact) mass is 281 g/mol. The summed E-state index contributed by atoms with van der Waals surface area (Å²) in [5.41, 5.74) is 6.39. The van der Waals surface area contributed by atoms with Gasteiger partial charge in [-0.15, -0.1) is 0 Å². The molecule has 2 aromatic carbocycles. The fraction of sp³-hybridized carbons (Fsp3) is 0.375. The van der Waals surface area contributed by atoms with Crippen LogP contribution in [0.1, 0.15) is 31.0 Å². The van der Waals surface area contributed by atoms with E-state index in [1.165, 1.54) is 0 Å². The maximum atomic E-state index is 13.1. The first-order chi connectivity index (χ1) is 9.30. The Labute approximate surface area is 116 Å². The zero-order valence-corrected chi connectivity index (χ0v) is 11.5. The molecule has 2 N–H and O–H groups in total. The fourth-order valence-corrected chi connectivity index (χ4v) is 2.49. The van der Waals surface area contributed by atoms with Gasteiger partial charge < -0.3 is 5.73 Å². The molecule has 1 nitrogen and oxygen atoms in total. The van der Waals surface area contributed by atoms with Gasteiger partial charge in [0.15, 0.2) is 0 Å². The van der Waals surface area contributed by atoms with E-state index < -0.39 is 12.2 Å². The average Bonchev–Trinajstić information content (AvgIpc) is 2.36. The van der Waals surface area contributed by atoms with Crippen LogP contribution < -0.4 is 5.73 Å². The van der Waals surface area contributed by atoms with E-state index in [-0.39, 0.29) is 11.5 Å². The Balaban J connectivity index is 2.67. The van der Waals surface area contributed by atoms with Crippen molar-refractivity contribution in [2.45, 2.75) is 32.5 Å². The molecule has 0 saturated carbocycles. The maximum absolute atomic E-state index is 13.1. The van der Waals surface area contributed by atoms with Crippen molar-refractivity contribution in [1.82, 2.24) is 0 Å². The average molecular weight is 281 g/mol. The van der Waals surface area contributed by atoms with Crippen molar-refractivity contribution in [3.63, 3.8) is 0 Å². The summed E-state index contributed by atoms with van der Waals surface area (Å²) in [4.78, 5) is 0. The molecule has 2 aromatic rings. The summed E-state index contributed by atoms with van der Waals surface area (Å²) >= 11 is 0. The molecule has 2 rings (SSSR count). The van der Waals surface area contributed by atoms with Crippen LogP contribution in [0.4, 0.5) is 13.2 Å².